The second-order valence-electron chi connectivity index (χ2n) is 3.40. The van der Waals surface area contributed by atoms with E-state index in [0.29, 0.717) is 6.42 Å². The van der Waals surface area contributed by atoms with Crippen LogP contribution in [0.3, 0.4) is 0 Å². The fourth-order valence-electron chi connectivity index (χ4n) is 1.51. The molecule has 0 aliphatic heterocycles. The van der Waals surface area contributed by atoms with Crippen LogP contribution < -0.4 is 11.5 Å². The van der Waals surface area contributed by atoms with Crippen LogP contribution in [0.15, 0.2) is 11.6 Å². The van der Waals surface area contributed by atoms with Crippen molar-refractivity contribution in [3.63, 3.8) is 0 Å². The largest absolute Gasteiger partial charge is 0.325 e. The number of hydrogen-bond donors (Lipinski definition) is 2. The van der Waals surface area contributed by atoms with E-state index in [0.717, 1.165) is 18.4 Å². The Morgan fingerprint density at radius 1 is 1.58 bits per heavy atom. The van der Waals surface area contributed by atoms with Crippen molar-refractivity contribution in [1.29, 1.82) is 0 Å². The van der Waals surface area contributed by atoms with Crippen molar-refractivity contribution in [1.82, 2.24) is 0 Å². The van der Waals surface area contributed by atoms with Crippen LogP contribution in [0.25, 0.3) is 0 Å². The molecule has 2 unspecified atom stereocenters. The van der Waals surface area contributed by atoms with Crippen molar-refractivity contribution < 1.29 is 4.79 Å². The van der Waals surface area contributed by atoms with Gasteiger partial charge < -0.3 is 11.5 Å². The summed E-state index contributed by atoms with van der Waals surface area (Å²) in [6.45, 7) is 1.89. The molecule has 1 rings (SSSR count). The molecule has 4 N–H and O–H groups in total. The number of Topliss-reactive ketones (excluding diaryl/α,β-unsaturated/α-hetero) is 1. The van der Waals surface area contributed by atoms with E-state index < -0.39 is 0 Å². The van der Waals surface area contributed by atoms with Crippen LogP contribution in [0.5, 0.6) is 0 Å². The van der Waals surface area contributed by atoms with E-state index in [2.05, 4.69) is 0 Å². The summed E-state index contributed by atoms with van der Waals surface area (Å²) in [5, 5.41) is 0. The third kappa shape index (κ3) is 2.16. The van der Waals surface area contributed by atoms with Gasteiger partial charge in [0.15, 0.2) is 5.78 Å². The van der Waals surface area contributed by atoms with Gasteiger partial charge in [-0.15, -0.1) is 0 Å². The second-order valence-corrected chi connectivity index (χ2v) is 3.40. The fourth-order valence-corrected chi connectivity index (χ4v) is 1.51. The zero-order valence-electron chi connectivity index (χ0n) is 7.42. The molecular formula is C9H16N2O. The monoisotopic (exact) mass is 168 g/mol. The highest BCUT2D eigenvalue weighted by atomic mass is 16.1. The molecule has 0 aromatic heterocycles. The zero-order valence-corrected chi connectivity index (χ0v) is 7.42. The van der Waals surface area contributed by atoms with E-state index in [9.17, 15) is 4.79 Å². The summed E-state index contributed by atoms with van der Waals surface area (Å²) in [6.07, 6.45) is 4.37. The van der Waals surface area contributed by atoms with Crippen molar-refractivity contribution in [2.45, 2.75) is 38.3 Å². The average molecular weight is 168 g/mol. The molecule has 0 saturated heterocycles. The second kappa shape index (κ2) is 3.83. The molecule has 1 aliphatic rings. The summed E-state index contributed by atoms with van der Waals surface area (Å²) in [7, 11) is 0. The van der Waals surface area contributed by atoms with Gasteiger partial charge in [-0.25, -0.2) is 0 Å². The SMILES string of the molecule is CC(N)/C=C1/CCCC(=O)C1N. The predicted octanol–water partition coefficient (Wildman–Crippen LogP) is 0.340. The first kappa shape index (κ1) is 9.42. The first-order valence-electron chi connectivity index (χ1n) is 4.35. The van der Waals surface area contributed by atoms with Crippen molar-refractivity contribution in [2.24, 2.45) is 11.5 Å². The highest BCUT2D eigenvalue weighted by Gasteiger charge is 2.22. The molecule has 68 valence electrons. The maximum absolute atomic E-state index is 11.2. The van der Waals surface area contributed by atoms with Crippen LogP contribution in [0.4, 0.5) is 0 Å². The minimum Gasteiger partial charge on any atom is -0.325 e. The number of nitrogens with two attached hydrogens (primary N) is 2. The lowest BCUT2D eigenvalue weighted by Gasteiger charge is -2.21. The van der Waals surface area contributed by atoms with Gasteiger partial charge >= 0.3 is 0 Å². The molecule has 1 saturated carbocycles. The minimum absolute atomic E-state index is 0.00282. The number of carbonyl (C=O) groups is 1. The van der Waals surface area contributed by atoms with E-state index >= 15 is 0 Å². The molecule has 0 radical (unpaired) electrons. The molecule has 0 aromatic carbocycles. The lowest BCUT2D eigenvalue weighted by molar-refractivity contribution is -0.120. The van der Waals surface area contributed by atoms with Crippen LogP contribution in [0.2, 0.25) is 0 Å². The molecule has 0 amide bonds. The zero-order chi connectivity index (χ0) is 9.14. The van der Waals surface area contributed by atoms with Gasteiger partial charge in [0, 0.05) is 12.5 Å². The lowest BCUT2D eigenvalue weighted by atomic mass is 9.88. The molecule has 12 heavy (non-hydrogen) atoms. The fraction of sp³-hybridized carbons (Fsp3) is 0.667. The molecule has 3 nitrogen and oxygen atoms in total. The van der Waals surface area contributed by atoms with Gasteiger partial charge in [0.05, 0.1) is 6.04 Å². The van der Waals surface area contributed by atoms with E-state index in [4.69, 9.17) is 11.5 Å². The van der Waals surface area contributed by atoms with Gasteiger partial charge in [0.25, 0.3) is 0 Å². The first-order valence-corrected chi connectivity index (χ1v) is 4.35. The molecule has 2 atom stereocenters. The van der Waals surface area contributed by atoms with Crippen LogP contribution in [-0.2, 0) is 4.79 Å². The summed E-state index contributed by atoms with van der Waals surface area (Å²) in [5.41, 5.74) is 12.3. The van der Waals surface area contributed by atoms with Gasteiger partial charge in [0.2, 0.25) is 0 Å². The molecule has 3 heteroatoms. The number of hydrogen-bond acceptors (Lipinski definition) is 3. The molecular weight excluding hydrogens is 152 g/mol. The van der Waals surface area contributed by atoms with Gasteiger partial charge in [-0.1, -0.05) is 6.08 Å². The number of ketones is 1. The first-order chi connectivity index (χ1) is 5.61. The smallest absolute Gasteiger partial charge is 0.153 e. The predicted molar refractivity (Wildman–Crippen MR) is 48.6 cm³/mol. The van der Waals surface area contributed by atoms with Crippen LogP contribution in [0, 0.1) is 0 Å². The highest BCUT2D eigenvalue weighted by molar-refractivity contribution is 5.87. The molecule has 0 spiro atoms. The quantitative estimate of drug-likeness (QED) is 0.555. The molecule has 0 bridgehead atoms. The Balaban J connectivity index is 2.70. The van der Waals surface area contributed by atoms with Gasteiger partial charge in [0.1, 0.15) is 0 Å². The van der Waals surface area contributed by atoms with Gasteiger partial charge in [-0.2, -0.15) is 0 Å². The Morgan fingerprint density at radius 3 is 2.83 bits per heavy atom. The topological polar surface area (TPSA) is 69.1 Å². The van der Waals surface area contributed by atoms with E-state index in [1.165, 1.54) is 0 Å². The number of carbonyl (C=O) groups excluding carboxylic acids is 1. The lowest BCUT2D eigenvalue weighted by Crippen LogP contribution is -2.36. The summed E-state index contributed by atoms with van der Waals surface area (Å²) >= 11 is 0. The maximum Gasteiger partial charge on any atom is 0.153 e. The maximum atomic E-state index is 11.2. The standard InChI is InChI=1S/C9H16N2O/c1-6(10)5-7-3-2-4-8(12)9(7)11/h5-6,9H,2-4,10-11H2,1H3/b7-5-. The Bertz CT molecular complexity index is 209. The Kier molecular flexibility index (Phi) is 3.00. The Hall–Kier alpha value is -0.670. The summed E-state index contributed by atoms with van der Waals surface area (Å²) in [5.74, 6) is 0.146. The summed E-state index contributed by atoms with van der Waals surface area (Å²) in [4.78, 5) is 11.2. The summed E-state index contributed by atoms with van der Waals surface area (Å²) in [6, 6.07) is -0.387. The van der Waals surface area contributed by atoms with Crippen molar-refractivity contribution in [2.75, 3.05) is 0 Å². The van der Waals surface area contributed by atoms with Crippen molar-refractivity contribution in [3.05, 3.63) is 11.6 Å². The van der Waals surface area contributed by atoms with Crippen LogP contribution in [0.1, 0.15) is 26.2 Å². The van der Waals surface area contributed by atoms with Crippen molar-refractivity contribution in [3.8, 4) is 0 Å². The molecule has 1 aliphatic carbocycles. The average Bonchev–Trinajstić information content (AvgIpc) is 1.98. The normalized spacial score (nSPS) is 30.8. The van der Waals surface area contributed by atoms with E-state index in [1.54, 1.807) is 0 Å². The minimum atomic E-state index is -0.384. The Morgan fingerprint density at radius 2 is 2.25 bits per heavy atom. The third-order valence-corrected chi connectivity index (χ3v) is 2.11. The highest BCUT2D eigenvalue weighted by Crippen LogP contribution is 2.19. The van der Waals surface area contributed by atoms with Crippen LogP contribution in [-0.4, -0.2) is 17.9 Å². The van der Waals surface area contributed by atoms with Crippen LogP contribution >= 0.6 is 0 Å². The molecule has 1 fully saturated rings. The summed E-state index contributed by atoms with van der Waals surface area (Å²) < 4.78 is 0. The third-order valence-electron chi connectivity index (χ3n) is 2.11. The number of rotatable bonds is 1. The molecule has 0 aromatic rings. The van der Waals surface area contributed by atoms with Gasteiger partial charge in [-0.05, 0) is 25.3 Å². The van der Waals surface area contributed by atoms with E-state index in [-0.39, 0.29) is 17.9 Å². The van der Waals surface area contributed by atoms with Gasteiger partial charge in [-0.3, -0.25) is 4.79 Å². The van der Waals surface area contributed by atoms with Crippen molar-refractivity contribution >= 4 is 5.78 Å². The molecule has 0 heterocycles. The Labute approximate surface area is 72.8 Å². The van der Waals surface area contributed by atoms with E-state index in [1.807, 2.05) is 13.0 Å².